The van der Waals surface area contributed by atoms with E-state index in [9.17, 15) is 0 Å². The van der Waals surface area contributed by atoms with Crippen LogP contribution in [0.25, 0.3) is 22.3 Å². The summed E-state index contributed by atoms with van der Waals surface area (Å²) in [6, 6.07) is 11.4. The SMILES string of the molecule is COc1cc(-c2cncc(-c3ccc(N4CCNCC4)cc3)c2F)cc(OC)c1OC. The third-order valence-electron chi connectivity index (χ3n) is 5.52. The molecule has 0 amide bonds. The Labute approximate surface area is 181 Å². The Balaban J connectivity index is 1.71. The third kappa shape index (κ3) is 4.14. The summed E-state index contributed by atoms with van der Waals surface area (Å²) in [4.78, 5) is 6.61. The lowest BCUT2D eigenvalue weighted by Gasteiger charge is -2.29. The molecule has 7 heteroatoms. The second-order valence-electron chi connectivity index (χ2n) is 7.25. The van der Waals surface area contributed by atoms with Gasteiger partial charge in [0.2, 0.25) is 5.75 Å². The molecule has 1 aromatic heterocycles. The summed E-state index contributed by atoms with van der Waals surface area (Å²) in [6.07, 6.45) is 3.06. The molecule has 0 atom stereocenters. The quantitative estimate of drug-likeness (QED) is 0.647. The number of hydrogen-bond donors (Lipinski definition) is 1. The molecule has 162 valence electrons. The molecule has 1 fully saturated rings. The molecule has 0 unspecified atom stereocenters. The first-order valence-corrected chi connectivity index (χ1v) is 10.2. The number of ether oxygens (including phenoxy) is 3. The zero-order chi connectivity index (χ0) is 21.8. The van der Waals surface area contributed by atoms with Crippen LogP contribution in [0.2, 0.25) is 0 Å². The standard InChI is InChI=1S/C24H26FN3O3/c1-29-21-12-17(13-22(30-2)24(21)31-3)20-15-27-14-19(23(20)25)16-4-6-18(7-5-16)28-10-8-26-9-11-28/h4-7,12-15,26H,8-11H2,1-3H3. The monoisotopic (exact) mass is 423 g/mol. The Bertz CT molecular complexity index is 1030. The van der Waals surface area contributed by atoms with Gasteiger partial charge >= 0.3 is 0 Å². The van der Waals surface area contributed by atoms with Gasteiger partial charge in [-0.15, -0.1) is 0 Å². The molecule has 2 heterocycles. The van der Waals surface area contributed by atoms with Crippen molar-refractivity contribution >= 4 is 5.69 Å². The van der Waals surface area contributed by atoms with Gasteiger partial charge < -0.3 is 24.4 Å². The van der Waals surface area contributed by atoms with Crippen molar-refractivity contribution in [1.82, 2.24) is 10.3 Å². The van der Waals surface area contributed by atoms with Gasteiger partial charge in [-0.25, -0.2) is 4.39 Å². The Morgan fingerprint density at radius 3 is 1.97 bits per heavy atom. The van der Waals surface area contributed by atoms with Gasteiger partial charge in [-0.2, -0.15) is 0 Å². The Morgan fingerprint density at radius 1 is 0.839 bits per heavy atom. The highest BCUT2D eigenvalue weighted by Crippen LogP contribution is 2.42. The zero-order valence-electron chi connectivity index (χ0n) is 17.9. The van der Waals surface area contributed by atoms with Gasteiger partial charge in [-0.1, -0.05) is 12.1 Å². The zero-order valence-corrected chi connectivity index (χ0v) is 17.9. The average molecular weight is 423 g/mol. The molecule has 1 aliphatic rings. The van der Waals surface area contributed by atoms with E-state index in [4.69, 9.17) is 14.2 Å². The summed E-state index contributed by atoms with van der Waals surface area (Å²) in [6.45, 7) is 3.87. The van der Waals surface area contributed by atoms with Crippen molar-refractivity contribution in [3.63, 3.8) is 0 Å². The molecule has 0 bridgehead atoms. The molecule has 0 radical (unpaired) electrons. The molecule has 0 spiro atoms. The van der Waals surface area contributed by atoms with Crippen molar-refractivity contribution in [3.8, 4) is 39.5 Å². The van der Waals surface area contributed by atoms with E-state index >= 15 is 4.39 Å². The van der Waals surface area contributed by atoms with Gasteiger partial charge in [0, 0.05) is 55.4 Å². The smallest absolute Gasteiger partial charge is 0.203 e. The predicted octanol–water partition coefficient (Wildman–Crippen LogP) is 3.99. The highest BCUT2D eigenvalue weighted by atomic mass is 19.1. The van der Waals surface area contributed by atoms with Gasteiger partial charge in [-0.3, -0.25) is 4.98 Å². The summed E-state index contributed by atoms with van der Waals surface area (Å²) in [5, 5.41) is 3.35. The van der Waals surface area contributed by atoms with Crippen molar-refractivity contribution in [2.45, 2.75) is 0 Å². The number of pyridine rings is 1. The van der Waals surface area contributed by atoms with E-state index in [1.807, 2.05) is 24.3 Å². The van der Waals surface area contributed by atoms with Crippen LogP contribution in [0.4, 0.5) is 10.1 Å². The van der Waals surface area contributed by atoms with Crippen LogP contribution in [0, 0.1) is 5.82 Å². The average Bonchev–Trinajstić information content (AvgIpc) is 2.84. The first-order chi connectivity index (χ1) is 15.2. The second kappa shape index (κ2) is 9.22. The first-order valence-electron chi connectivity index (χ1n) is 10.2. The first kappa shape index (κ1) is 20.9. The number of benzene rings is 2. The summed E-state index contributed by atoms with van der Waals surface area (Å²) in [5.41, 5.74) is 3.32. The number of nitrogens with zero attached hydrogens (tertiary/aromatic N) is 2. The number of methoxy groups -OCH3 is 3. The lowest BCUT2D eigenvalue weighted by Crippen LogP contribution is -2.43. The summed E-state index contributed by atoms with van der Waals surface area (Å²) >= 11 is 0. The van der Waals surface area contributed by atoms with E-state index in [1.54, 1.807) is 18.3 Å². The van der Waals surface area contributed by atoms with E-state index in [2.05, 4.69) is 15.2 Å². The summed E-state index contributed by atoms with van der Waals surface area (Å²) in [7, 11) is 4.60. The maximum atomic E-state index is 15.6. The number of halogens is 1. The molecule has 1 N–H and O–H groups in total. The van der Waals surface area contributed by atoms with Crippen molar-refractivity contribution in [2.24, 2.45) is 0 Å². The fourth-order valence-corrected chi connectivity index (χ4v) is 3.86. The largest absolute Gasteiger partial charge is 0.493 e. The molecule has 1 saturated heterocycles. The minimum atomic E-state index is -0.348. The van der Waals surface area contributed by atoms with Crippen LogP contribution in [-0.4, -0.2) is 52.5 Å². The van der Waals surface area contributed by atoms with Crippen molar-refractivity contribution in [3.05, 3.63) is 54.6 Å². The van der Waals surface area contributed by atoms with Crippen LogP contribution in [-0.2, 0) is 0 Å². The number of anilines is 1. The molecule has 4 rings (SSSR count). The Kier molecular flexibility index (Phi) is 6.23. The topological polar surface area (TPSA) is 55.9 Å². The minimum absolute atomic E-state index is 0.348. The molecule has 1 aliphatic heterocycles. The Hall–Kier alpha value is -3.32. The normalized spacial score (nSPS) is 13.7. The predicted molar refractivity (Wildman–Crippen MR) is 120 cm³/mol. The van der Waals surface area contributed by atoms with Crippen molar-refractivity contribution in [2.75, 3.05) is 52.4 Å². The summed E-state index contributed by atoms with van der Waals surface area (Å²) < 4.78 is 31.8. The lowest BCUT2D eigenvalue weighted by atomic mass is 10.00. The Morgan fingerprint density at radius 2 is 1.42 bits per heavy atom. The van der Waals surface area contributed by atoms with Crippen LogP contribution in [0.5, 0.6) is 17.2 Å². The van der Waals surface area contributed by atoms with E-state index in [0.29, 0.717) is 33.9 Å². The van der Waals surface area contributed by atoms with Crippen LogP contribution in [0.3, 0.4) is 0 Å². The number of nitrogens with one attached hydrogen (secondary N) is 1. The number of piperazine rings is 1. The second-order valence-corrected chi connectivity index (χ2v) is 7.25. The lowest BCUT2D eigenvalue weighted by molar-refractivity contribution is 0.324. The highest BCUT2D eigenvalue weighted by molar-refractivity contribution is 5.76. The summed E-state index contributed by atoms with van der Waals surface area (Å²) in [5.74, 6) is 1.03. The fourth-order valence-electron chi connectivity index (χ4n) is 3.86. The van der Waals surface area contributed by atoms with Crippen LogP contribution in [0.15, 0.2) is 48.8 Å². The molecule has 6 nitrogen and oxygen atoms in total. The van der Waals surface area contributed by atoms with Crippen LogP contribution >= 0.6 is 0 Å². The molecule has 0 aliphatic carbocycles. The van der Waals surface area contributed by atoms with Crippen molar-refractivity contribution in [1.29, 1.82) is 0 Å². The van der Waals surface area contributed by atoms with Gasteiger partial charge in [0.1, 0.15) is 5.82 Å². The fraction of sp³-hybridized carbons (Fsp3) is 0.292. The molecule has 2 aromatic carbocycles. The van der Waals surface area contributed by atoms with Crippen LogP contribution < -0.4 is 24.4 Å². The van der Waals surface area contributed by atoms with Crippen molar-refractivity contribution < 1.29 is 18.6 Å². The number of rotatable bonds is 6. The molecule has 31 heavy (non-hydrogen) atoms. The van der Waals surface area contributed by atoms with E-state index < -0.39 is 0 Å². The maximum absolute atomic E-state index is 15.6. The molecule has 3 aromatic rings. The maximum Gasteiger partial charge on any atom is 0.203 e. The van der Waals surface area contributed by atoms with E-state index in [-0.39, 0.29) is 5.82 Å². The van der Waals surface area contributed by atoms with Gasteiger partial charge in [-0.05, 0) is 35.4 Å². The van der Waals surface area contributed by atoms with Gasteiger partial charge in [0.25, 0.3) is 0 Å². The third-order valence-corrected chi connectivity index (χ3v) is 5.52. The molecule has 0 saturated carbocycles. The number of hydrogen-bond acceptors (Lipinski definition) is 6. The van der Waals surface area contributed by atoms with Gasteiger partial charge in [0.15, 0.2) is 11.5 Å². The van der Waals surface area contributed by atoms with E-state index in [1.165, 1.54) is 27.5 Å². The minimum Gasteiger partial charge on any atom is -0.493 e. The number of aromatic nitrogens is 1. The molecular weight excluding hydrogens is 397 g/mol. The molecular formula is C24H26FN3O3. The van der Waals surface area contributed by atoms with E-state index in [0.717, 1.165) is 37.4 Å². The highest BCUT2D eigenvalue weighted by Gasteiger charge is 2.19. The van der Waals surface area contributed by atoms with Crippen LogP contribution in [0.1, 0.15) is 0 Å². The van der Waals surface area contributed by atoms with Gasteiger partial charge in [0.05, 0.1) is 21.3 Å².